The lowest BCUT2D eigenvalue weighted by atomic mass is 10.0. The summed E-state index contributed by atoms with van der Waals surface area (Å²) in [5.74, 6) is 0. The van der Waals surface area contributed by atoms with Gasteiger partial charge in [-0.25, -0.2) is 0 Å². The molecule has 0 saturated carbocycles. The Balaban J connectivity index is 1.67. The molecule has 5 heteroatoms. The molecule has 1 heterocycles. The van der Waals surface area contributed by atoms with Gasteiger partial charge < -0.3 is 4.90 Å². The number of anilines is 1. The van der Waals surface area contributed by atoms with Crippen LogP contribution in [0, 0.1) is 22.7 Å². The number of nitrogens with zero attached hydrogens (tertiary/aromatic N) is 4. The van der Waals surface area contributed by atoms with Gasteiger partial charge in [-0.3, -0.25) is 4.90 Å². The Morgan fingerprint density at radius 1 is 0.960 bits per heavy atom. The quantitative estimate of drug-likeness (QED) is 0.786. The fourth-order valence-electron chi connectivity index (χ4n) is 3.27. The van der Waals surface area contributed by atoms with Crippen LogP contribution in [0.2, 0.25) is 0 Å². The third-order valence-corrected chi connectivity index (χ3v) is 5.30. The Bertz CT molecular complexity index is 824. The summed E-state index contributed by atoms with van der Waals surface area (Å²) < 4.78 is 0.931. The summed E-state index contributed by atoms with van der Waals surface area (Å²) in [5, 5.41) is 18.3. The Morgan fingerprint density at radius 2 is 1.64 bits per heavy atom. The first-order valence-corrected chi connectivity index (χ1v) is 9.10. The maximum Gasteiger partial charge on any atom is 0.101 e. The number of hydrogen-bond acceptors (Lipinski definition) is 4. The number of rotatable bonds is 3. The molecule has 0 bridgehead atoms. The van der Waals surface area contributed by atoms with Gasteiger partial charge in [0.2, 0.25) is 0 Å². The van der Waals surface area contributed by atoms with Crippen LogP contribution >= 0.6 is 15.9 Å². The van der Waals surface area contributed by atoms with Crippen LogP contribution in [0.1, 0.15) is 29.7 Å². The van der Waals surface area contributed by atoms with Crippen molar-refractivity contribution >= 4 is 21.6 Å². The van der Waals surface area contributed by atoms with Gasteiger partial charge in [0.15, 0.2) is 0 Å². The van der Waals surface area contributed by atoms with Gasteiger partial charge in [-0.2, -0.15) is 10.5 Å². The molecule has 0 aromatic heterocycles. The van der Waals surface area contributed by atoms with Crippen LogP contribution in [-0.2, 0) is 0 Å². The Kier molecular flexibility index (Phi) is 5.38. The number of hydrogen-bond donors (Lipinski definition) is 0. The van der Waals surface area contributed by atoms with E-state index in [1.807, 2.05) is 42.5 Å². The van der Waals surface area contributed by atoms with Gasteiger partial charge in [-0.15, -0.1) is 0 Å². The highest BCUT2D eigenvalue weighted by atomic mass is 79.9. The second kappa shape index (κ2) is 7.70. The molecule has 2 aromatic carbocycles. The topological polar surface area (TPSA) is 54.1 Å². The summed E-state index contributed by atoms with van der Waals surface area (Å²) in [7, 11) is 0. The maximum absolute atomic E-state index is 9.37. The summed E-state index contributed by atoms with van der Waals surface area (Å²) in [4.78, 5) is 4.73. The van der Waals surface area contributed by atoms with Crippen molar-refractivity contribution in [3.8, 4) is 12.1 Å². The molecule has 0 amide bonds. The van der Waals surface area contributed by atoms with Crippen LogP contribution in [0.25, 0.3) is 0 Å². The minimum Gasteiger partial charge on any atom is -0.368 e. The molecule has 1 aliphatic heterocycles. The molecule has 3 rings (SSSR count). The highest BCUT2D eigenvalue weighted by Crippen LogP contribution is 2.27. The van der Waals surface area contributed by atoms with Gasteiger partial charge in [0.1, 0.15) is 6.07 Å². The summed E-state index contributed by atoms with van der Waals surface area (Å²) >= 11 is 3.43. The van der Waals surface area contributed by atoms with E-state index in [0.717, 1.165) is 36.3 Å². The van der Waals surface area contributed by atoms with E-state index in [2.05, 4.69) is 44.8 Å². The molecule has 126 valence electrons. The van der Waals surface area contributed by atoms with E-state index in [4.69, 9.17) is 5.26 Å². The molecular formula is C20H19BrN4. The van der Waals surface area contributed by atoms with Gasteiger partial charge in [0.25, 0.3) is 0 Å². The smallest absolute Gasteiger partial charge is 0.101 e. The second-order valence-electron chi connectivity index (χ2n) is 6.21. The minimum absolute atomic E-state index is 0.315. The first-order chi connectivity index (χ1) is 12.1. The van der Waals surface area contributed by atoms with E-state index in [-0.39, 0.29) is 0 Å². The zero-order valence-corrected chi connectivity index (χ0v) is 15.7. The average Bonchev–Trinajstić information content (AvgIpc) is 2.67. The molecule has 1 unspecified atom stereocenters. The molecule has 0 aliphatic carbocycles. The van der Waals surface area contributed by atoms with Crippen molar-refractivity contribution in [3.05, 3.63) is 63.6 Å². The molecule has 1 aliphatic rings. The van der Waals surface area contributed by atoms with Crippen molar-refractivity contribution in [1.82, 2.24) is 4.90 Å². The lowest BCUT2D eigenvalue weighted by molar-refractivity contribution is 0.198. The third kappa shape index (κ3) is 3.85. The van der Waals surface area contributed by atoms with Crippen molar-refractivity contribution in [2.75, 3.05) is 31.1 Å². The molecule has 1 fully saturated rings. The van der Waals surface area contributed by atoms with Crippen LogP contribution in [0.4, 0.5) is 5.69 Å². The predicted molar refractivity (Wildman–Crippen MR) is 102 cm³/mol. The van der Waals surface area contributed by atoms with Crippen molar-refractivity contribution in [3.63, 3.8) is 0 Å². The molecule has 4 nitrogen and oxygen atoms in total. The number of benzene rings is 2. The van der Waals surface area contributed by atoms with E-state index in [1.54, 1.807) is 0 Å². The van der Waals surface area contributed by atoms with Gasteiger partial charge in [-0.05, 0) is 42.8 Å². The van der Waals surface area contributed by atoms with Crippen molar-refractivity contribution < 1.29 is 0 Å². The zero-order valence-electron chi connectivity index (χ0n) is 14.1. The standard InChI is InChI=1S/C20H19BrN4/c1-15(17-4-2-16(13-22)3-5-17)24-8-10-25(11-9-24)20-7-6-19(21)12-18(20)14-23/h2-7,12,15H,8-11H2,1H3. The van der Waals surface area contributed by atoms with Crippen molar-refractivity contribution in [2.45, 2.75) is 13.0 Å². The van der Waals surface area contributed by atoms with Crippen molar-refractivity contribution in [1.29, 1.82) is 10.5 Å². The van der Waals surface area contributed by atoms with E-state index in [0.29, 0.717) is 17.2 Å². The summed E-state index contributed by atoms with van der Waals surface area (Å²) in [6, 6.07) is 18.5. The minimum atomic E-state index is 0.315. The monoisotopic (exact) mass is 394 g/mol. The van der Waals surface area contributed by atoms with E-state index in [1.165, 1.54) is 5.56 Å². The van der Waals surface area contributed by atoms with Gasteiger partial charge >= 0.3 is 0 Å². The lowest BCUT2D eigenvalue weighted by Gasteiger charge is -2.39. The summed E-state index contributed by atoms with van der Waals surface area (Å²) in [5.41, 5.74) is 3.65. The third-order valence-electron chi connectivity index (χ3n) is 4.80. The van der Waals surface area contributed by atoms with E-state index >= 15 is 0 Å². The van der Waals surface area contributed by atoms with Gasteiger partial charge in [-0.1, -0.05) is 28.1 Å². The van der Waals surface area contributed by atoms with E-state index in [9.17, 15) is 5.26 Å². The number of nitriles is 2. The molecule has 1 atom stereocenters. The Labute approximate surface area is 157 Å². The maximum atomic E-state index is 9.37. The summed E-state index contributed by atoms with van der Waals surface area (Å²) in [6.45, 7) is 5.90. The van der Waals surface area contributed by atoms with Crippen LogP contribution in [0.3, 0.4) is 0 Å². The molecule has 25 heavy (non-hydrogen) atoms. The predicted octanol–water partition coefficient (Wildman–Crippen LogP) is 4.08. The normalized spacial score (nSPS) is 16.1. The number of piperazine rings is 1. The molecule has 1 saturated heterocycles. The molecule has 0 spiro atoms. The first kappa shape index (κ1) is 17.5. The molecule has 0 radical (unpaired) electrons. The van der Waals surface area contributed by atoms with Gasteiger partial charge in [0, 0.05) is 36.7 Å². The molecule has 0 N–H and O–H groups in total. The summed E-state index contributed by atoms with van der Waals surface area (Å²) in [6.07, 6.45) is 0. The second-order valence-corrected chi connectivity index (χ2v) is 7.12. The Morgan fingerprint density at radius 3 is 2.24 bits per heavy atom. The lowest BCUT2D eigenvalue weighted by Crippen LogP contribution is -2.47. The number of halogens is 1. The van der Waals surface area contributed by atoms with E-state index < -0.39 is 0 Å². The fraction of sp³-hybridized carbons (Fsp3) is 0.300. The van der Waals surface area contributed by atoms with Gasteiger partial charge in [0.05, 0.1) is 22.9 Å². The zero-order chi connectivity index (χ0) is 17.8. The van der Waals surface area contributed by atoms with Crippen LogP contribution < -0.4 is 4.90 Å². The fourth-order valence-corrected chi connectivity index (χ4v) is 3.63. The highest BCUT2D eigenvalue weighted by Gasteiger charge is 2.23. The van der Waals surface area contributed by atoms with Crippen molar-refractivity contribution in [2.24, 2.45) is 0 Å². The first-order valence-electron chi connectivity index (χ1n) is 8.31. The SMILES string of the molecule is CC(c1ccc(C#N)cc1)N1CCN(c2ccc(Br)cc2C#N)CC1. The average molecular weight is 395 g/mol. The van der Waals surface area contributed by atoms with Crippen LogP contribution in [0.15, 0.2) is 46.9 Å². The Hall–Kier alpha value is -2.34. The highest BCUT2D eigenvalue weighted by molar-refractivity contribution is 9.10. The molecule has 2 aromatic rings. The largest absolute Gasteiger partial charge is 0.368 e. The van der Waals surface area contributed by atoms with Crippen LogP contribution in [-0.4, -0.2) is 31.1 Å². The molecular weight excluding hydrogens is 376 g/mol. The van der Waals surface area contributed by atoms with Crippen LogP contribution in [0.5, 0.6) is 0 Å².